The number of hydrogen-bond acceptors (Lipinski definition) is 3. The number of aromatic amines is 1. The van der Waals surface area contributed by atoms with E-state index in [2.05, 4.69) is 56.3 Å². The van der Waals surface area contributed by atoms with Crippen molar-refractivity contribution in [2.75, 3.05) is 20.1 Å². The van der Waals surface area contributed by atoms with Gasteiger partial charge in [0.1, 0.15) is 0 Å². The Morgan fingerprint density at radius 3 is 2.91 bits per heavy atom. The molecule has 1 aliphatic rings. The number of aromatic nitrogens is 1. The minimum Gasteiger partial charge on any atom is -0.391 e. The molecule has 3 N–H and O–H groups in total. The van der Waals surface area contributed by atoms with Crippen LogP contribution in [0.4, 0.5) is 0 Å². The highest BCUT2D eigenvalue weighted by Crippen LogP contribution is 2.24. The van der Waals surface area contributed by atoms with E-state index in [4.69, 9.17) is 0 Å². The van der Waals surface area contributed by atoms with Gasteiger partial charge in [0.2, 0.25) is 5.91 Å². The van der Waals surface area contributed by atoms with Crippen molar-refractivity contribution < 1.29 is 9.90 Å². The van der Waals surface area contributed by atoms with E-state index < -0.39 is 6.10 Å². The molecule has 0 aliphatic carbocycles. The van der Waals surface area contributed by atoms with Crippen LogP contribution in [0.5, 0.6) is 0 Å². The van der Waals surface area contributed by atoms with Crippen LogP contribution >= 0.6 is 15.9 Å². The second-order valence-corrected chi connectivity index (χ2v) is 7.43. The summed E-state index contributed by atoms with van der Waals surface area (Å²) >= 11 is 3.50. The van der Waals surface area contributed by atoms with E-state index in [1.54, 1.807) is 0 Å². The first-order valence-corrected chi connectivity index (χ1v) is 8.62. The zero-order chi connectivity index (χ0) is 16.6. The molecule has 0 bridgehead atoms. The normalized spacial score (nSPS) is 21.9. The van der Waals surface area contributed by atoms with Gasteiger partial charge in [0.25, 0.3) is 0 Å². The van der Waals surface area contributed by atoms with E-state index >= 15 is 0 Å². The fourth-order valence-corrected chi connectivity index (χ4v) is 3.89. The predicted molar refractivity (Wildman–Crippen MR) is 94.2 cm³/mol. The van der Waals surface area contributed by atoms with E-state index in [0.29, 0.717) is 19.5 Å². The molecule has 0 spiro atoms. The zero-order valence-corrected chi connectivity index (χ0v) is 15.0. The molecule has 1 saturated heterocycles. The van der Waals surface area contributed by atoms with Gasteiger partial charge < -0.3 is 20.3 Å². The highest BCUT2D eigenvalue weighted by molar-refractivity contribution is 9.10. The van der Waals surface area contributed by atoms with Crippen molar-refractivity contribution in [3.05, 3.63) is 33.9 Å². The van der Waals surface area contributed by atoms with E-state index in [9.17, 15) is 9.90 Å². The summed E-state index contributed by atoms with van der Waals surface area (Å²) in [6.45, 7) is 3.95. The second-order valence-electron chi connectivity index (χ2n) is 6.51. The van der Waals surface area contributed by atoms with Gasteiger partial charge in [-0.3, -0.25) is 4.79 Å². The van der Waals surface area contributed by atoms with E-state index in [1.807, 2.05) is 7.05 Å². The molecule has 124 valence electrons. The fraction of sp³-hybridized carbons (Fsp3) is 0.471. The number of aryl methyl sites for hydroxylation is 1. The van der Waals surface area contributed by atoms with Crippen LogP contribution in [0.15, 0.2) is 22.7 Å². The van der Waals surface area contributed by atoms with Crippen molar-refractivity contribution in [1.82, 2.24) is 15.2 Å². The van der Waals surface area contributed by atoms with Crippen LogP contribution in [0.25, 0.3) is 10.9 Å². The van der Waals surface area contributed by atoms with E-state index in [0.717, 1.165) is 27.6 Å². The third kappa shape index (κ3) is 3.76. The highest BCUT2D eigenvalue weighted by Gasteiger charge is 2.30. The largest absolute Gasteiger partial charge is 0.391 e. The molecule has 1 fully saturated rings. The predicted octanol–water partition coefficient (Wildman–Crippen LogP) is 2.17. The molecule has 0 saturated carbocycles. The molecule has 1 aliphatic heterocycles. The number of aliphatic hydroxyl groups is 1. The van der Waals surface area contributed by atoms with E-state index in [1.165, 1.54) is 5.56 Å². The number of nitrogens with one attached hydrogen (secondary N) is 2. The molecular weight excluding hydrogens is 358 g/mol. The lowest BCUT2D eigenvalue weighted by Crippen LogP contribution is -2.29. The number of amides is 1. The van der Waals surface area contributed by atoms with Gasteiger partial charge in [-0.15, -0.1) is 0 Å². The van der Waals surface area contributed by atoms with E-state index in [-0.39, 0.29) is 11.8 Å². The molecule has 5 nitrogen and oxygen atoms in total. The van der Waals surface area contributed by atoms with Crippen molar-refractivity contribution in [3.8, 4) is 0 Å². The summed E-state index contributed by atoms with van der Waals surface area (Å²) in [6.07, 6.45) is -0.0325. The molecule has 0 unspecified atom stereocenters. The molecule has 2 atom stereocenters. The highest BCUT2D eigenvalue weighted by atomic mass is 79.9. The molecule has 2 aromatic rings. The Balaban J connectivity index is 1.60. The maximum absolute atomic E-state index is 12.1. The summed E-state index contributed by atoms with van der Waals surface area (Å²) in [4.78, 5) is 17.5. The maximum atomic E-state index is 12.1. The number of aliphatic hydroxyl groups excluding tert-OH is 1. The Labute approximate surface area is 144 Å². The number of β-amino-alcohol motifs (C(OH)–C–C–N with tert-alkyl or cyclic N) is 1. The number of likely N-dealkylation sites (N-methyl/N-ethyl adjacent to an activating group) is 1. The average molecular weight is 380 g/mol. The molecule has 3 rings (SSSR count). The molecule has 1 aromatic heterocycles. The van der Waals surface area contributed by atoms with Crippen LogP contribution in [-0.4, -0.2) is 47.1 Å². The number of benzene rings is 1. The van der Waals surface area contributed by atoms with Crippen LogP contribution in [0.3, 0.4) is 0 Å². The number of rotatable bonds is 4. The monoisotopic (exact) mass is 379 g/mol. The van der Waals surface area contributed by atoms with Gasteiger partial charge in [0.05, 0.1) is 12.6 Å². The summed E-state index contributed by atoms with van der Waals surface area (Å²) < 4.78 is 1.05. The SMILES string of the molecule is Cc1cc(Br)cc2cc(CNC(=O)C[C@@H]3CN(C)C[C@H]3O)[nH]c12. The number of halogens is 1. The third-order valence-electron chi connectivity index (χ3n) is 4.46. The number of H-pyrrole nitrogens is 1. The smallest absolute Gasteiger partial charge is 0.220 e. The Bertz CT molecular complexity index is 728. The van der Waals surface area contributed by atoms with Crippen molar-refractivity contribution in [2.24, 2.45) is 5.92 Å². The van der Waals surface area contributed by atoms with Gasteiger partial charge in [-0.2, -0.15) is 0 Å². The lowest BCUT2D eigenvalue weighted by atomic mass is 10.0. The Hall–Kier alpha value is -1.37. The van der Waals surface area contributed by atoms with Gasteiger partial charge in [0.15, 0.2) is 0 Å². The molecule has 23 heavy (non-hydrogen) atoms. The average Bonchev–Trinajstić information content (AvgIpc) is 3.00. The van der Waals surface area contributed by atoms with Gasteiger partial charge in [0, 0.05) is 46.5 Å². The quantitative estimate of drug-likeness (QED) is 0.762. The molecule has 1 aromatic carbocycles. The first-order valence-electron chi connectivity index (χ1n) is 7.83. The number of fused-ring (bicyclic) bond motifs is 1. The van der Waals surface area contributed by atoms with Crippen LogP contribution < -0.4 is 5.32 Å². The van der Waals surface area contributed by atoms with Crippen LogP contribution in [0.1, 0.15) is 17.7 Å². The fourth-order valence-electron chi connectivity index (χ4n) is 3.30. The standard InChI is InChI=1S/C17H22BrN3O2/c1-10-3-13(18)4-11-5-14(20-17(10)11)7-19-16(23)6-12-8-21(2)9-15(12)22/h3-5,12,15,20,22H,6-9H2,1-2H3,(H,19,23)/t12-,15-/m1/s1. The van der Waals surface area contributed by atoms with Crippen LogP contribution in [-0.2, 0) is 11.3 Å². The van der Waals surface area contributed by atoms with Crippen LogP contribution in [0, 0.1) is 12.8 Å². The van der Waals surface area contributed by atoms with Crippen molar-refractivity contribution in [1.29, 1.82) is 0 Å². The topological polar surface area (TPSA) is 68.4 Å². The van der Waals surface area contributed by atoms with Gasteiger partial charge >= 0.3 is 0 Å². The molecule has 6 heteroatoms. The summed E-state index contributed by atoms with van der Waals surface area (Å²) in [5, 5.41) is 14.0. The number of carbonyl (C=O) groups is 1. The van der Waals surface area contributed by atoms with Gasteiger partial charge in [-0.25, -0.2) is 0 Å². The number of likely N-dealkylation sites (tertiary alicyclic amines) is 1. The van der Waals surface area contributed by atoms with Gasteiger partial charge in [-0.1, -0.05) is 15.9 Å². The molecule has 2 heterocycles. The van der Waals surface area contributed by atoms with Crippen molar-refractivity contribution >= 4 is 32.7 Å². The molecule has 0 radical (unpaired) electrons. The summed E-state index contributed by atoms with van der Waals surface area (Å²) in [5.41, 5.74) is 3.26. The summed E-state index contributed by atoms with van der Waals surface area (Å²) in [5.74, 6) is 0.0156. The zero-order valence-electron chi connectivity index (χ0n) is 13.4. The minimum absolute atomic E-state index is 0.0130. The summed E-state index contributed by atoms with van der Waals surface area (Å²) in [7, 11) is 1.96. The number of carbonyl (C=O) groups excluding carboxylic acids is 1. The Morgan fingerprint density at radius 1 is 1.43 bits per heavy atom. The first kappa shape index (κ1) is 16.5. The van der Waals surface area contributed by atoms with Crippen molar-refractivity contribution in [2.45, 2.75) is 26.0 Å². The summed E-state index contributed by atoms with van der Waals surface area (Å²) in [6, 6.07) is 6.19. The maximum Gasteiger partial charge on any atom is 0.220 e. The number of nitrogens with zero attached hydrogens (tertiary/aromatic N) is 1. The van der Waals surface area contributed by atoms with Gasteiger partial charge in [-0.05, 0) is 37.7 Å². The van der Waals surface area contributed by atoms with Crippen LogP contribution in [0.2, 0.25) is 0 Å². The third-order valence-corrected chi connectivity index (χ3v) is 4.92. The number of hydrogen-bond donors (Lipinski definition) is 3. The molecular formula is C17H22BrN3O2. The van der Waals surface area contributed by atoms with Crippen molar-refractivity contribution in [3.63, 3.8) is 0 Å². The first-order chi connectivity index (χ1) is 10.9. The minimum atomic E-state index is -0.404. The second kappa shape index (κ2) is 6.63. The Kier molecular flexibility index (Phi) is 4.75. The Morgan fingerprint density at radius 2 is 2.22 bits per heavy atom. The molecule has 1 amide bonds. The lowest BCUT2D eigenvalue weighted by molar-refractivity contribution is -0.122. The lowest BCUT2D eigenvalue weighted by Gasteiger charge is -2.12.